The molecule has 0 aliphatic carbocycles. The third kappa shape index (κ3) is 2.81. The molecule has 4 N–H and O–H groups in total. The number of hydrogen-bond donors (Lipinski definition) is 3. The lowest BCUT2D eigenvalue weighted by Gasteiger charge is -2.20. The van der Waals surface area contributed by atoms with Crippen molar-refractivity contribution in [2.75, 3.05) is 16.4 Å². The minimum atomic E-state index is 0.0509. The summed E-state index contributed by atoms with van der Waals surface area (Å²) in [5, 5.41) is 6.22. The average Bonchev–Trinajstić information content (AvgIpc) is 2.46. The molecule has 0 bridgehead atoms. The Morgan fingerprint density at radius 1 is 1.38 bits per heavy atom. The fraction of sp³-hybridized carbons (Fsp3) is 0.250. The van der Waals surface area contributed by atoms with E-state index in [-0.39, 0.29) is 5.91 Å². The maximum absolute atomic E-state index is 11.4. The number of aryl methyl sites for hydroxylation is 2. The summed E-state index contributed by atoms with van der Waals surface area (Å²) < 4.78 is 0. The topological polar surface area (TPSA) is 80.0 Å². The Bertz CT molecular complexity index is 697. The van der Waals surface area contributed by atoms with Gasteiger partial charge in [0.2, 0.25) is 5.91 Å². The third-order valence-electron chi connectivity index (χ3n) is 3.78. The fourth-order valence-electron chi connectivity index (χ4n) is 2.49. The number of rotatable bonds is 3. The van der Waals surface area contributed by atoms with E-state index in [1.165, 1.54) is 5.56 Å². The van der Waals surface area contributed by atoms with Crippen LogP contribution < -0.4 is 16.4 Å². The summed E-state index contributed by atoms with van der Waals surface area (Å²) in [5.74, 6) is 0.0509. The molecule has 0 spiro atoms. The lowest BCUT2D eigenvalue weighted by Crippen LogP contribution is -2.19. The van der Waals surface area contributed by atoms with E-state index in [0.717, 1.165) is 28.9 Å². The number of nitrogen functional groups attached to an aromatic ring is 1. The molecule has 2 heterocycles. The SMILES string of the molecule is Cc1cnccc1CNc1cc2c(cc1N)NC(=O)CC2. The Balaban J connectivity index is 1.80. The highest BCUT2D eigenvalue weighted by molar-refractivity contribution is 5.95. The molecule has 1 amide bonds. The molecular formula is C16H18N4O. The molecule has 1 aromatic heterocycles. The van der Waals surface area contributed by atoms with Crippen molar-refractivity contribution in [3.05, 3.63) is 47.3 Å². The molecule has 2 aromatic rings. The number of aromatic nitrogens is 1. The highest BCUT2D eigenvalue weighted by Crippen LogP contribution is 2.31. The van der Waals surface area contributed by atoms with Crippen LogP contribution in [0, 0.1) is 6.92 Å². The van der Waals surface area contributed by atoms with Gasteiger partial charge in [-0.25, -0.2) is 0 Å². The van der Waals surface area contributed by atoms with Gasteiger partial charge < -0.3 is 16.4 Å². The molecule has 1 aliphatic rings. The highest BCUT2D eigenvalue weighted by atomic mass is 16.1. The van der Waals surface area contributed by atoms with Crippen molar-refractivity contribution in [2.24, 2.45) is 0 Å². The Labute approximate surface area is 123 Å². The predicted octanol–water partition coefficient (Wildman–Crippen LogP) is 2.47. The maximum atomic E-state index is 11.4. The van der Waals surface area contributed by atoms with Gasteiger partial charge >= 0.3 is 0 Å². The van der Waals surface area contributed by atoms with Crippen molar-refractivity contribution in [3.8, 4) is 0 Å². The number of carbonyl (C=O) groups excluding carboxylic acids is 1. The molecule has 1 aliphatic heterocycles. The molecule has 0 saturated carbocycles. The molecule has 21 heavy (non-hydrogen) atoms. The second-order valence-electron chi connectivity index (χ2n) is 5.30. The Morgan fingerprint density at radius 2 is 2.24 bits per heavy atom. The van der Waals surface area contributed by atoms with Gasteiger partial charge in [-0.3, -0.25) is 9.78 Å². The number of nitrogens with one attached hydrogen (secondary N) is 2. The van der Waals surface area contributed by atoms with Crippen LogP contribution in [0.3, 0.4) is 0 Å². The standard InChI is InChI=1S/C16H18N4O/c1-10-8-18-5-4-12(10)9-19-15-6-11-2-3-16(21)20-14(11)7-13(15)17/h4-8,19H,2-3,9,17H2,1H3,(H,20,21). The number of hydrogen-bond acceptors (Lipinski definition) is 4. The maximum Gasteiger partial charge on any atom is 0.224 e. The minimum Gasteiger partial charge on any atom is -0.397 e. The number of carbonyl (C=O) groups is 1. The summed E-state index contributed by atoms with van der Waals surface area (Å²) in [6, 6.07) is 5.85. The van der Waals surface area contributed by atoms with Crippen LogP contribution in [0.5, 0.6) is 0 Å². The monoisotopic (exact) mass is 282 g/mol. The number of nitrogens with two attached hydrogens (primary N) is 1. The molecule has 5 heteroatoms. The predicted molar refractivity (Wildman–Crippen MR) is 84.1 cm³/mol. The summed E-state index contributed by atoms with van der Waals surface area (Å²) in [4.78, 5) is 15.5. The highest BCUT2D eigenvalue weighted by Gasteiger charge is 2.16. The van der Waals surface area contributed by atoms with Crippen molar-refractivity contribution < 1.29 is 4.79 Å². The number of fused-ring (bicyclic) bond motifs is 1. The lowest BCUT2D eigenvalue weighted by molar-refractivity contribution is -0.116. The Hall–Kier alpha value is -2.56. The lowest BCUT2D eigenvalue weighted by atomic mass is 10.0. The quantitative estimate of drug-likeness (QED) is 0.755. The number of amides is 1. The Kier molecular flexibility index (Phi) is 3.48. The number of pyridine rings is 1. The van der Waals surface area contributed by atoms with E-state index in [1.807, 2.05) is 31.3 Å². The summed E-state index contributed by atoms with van der Waals surface area (Å²) in [6.07, 6.45) is 4.92. The van der Waals surface area contributed by atoms with Gasteiger partial charge in [-0.1, -0.05) is 0 Å². The van der Waals surface area contributed by atoms with Crippen LogP contribution in [0.25, 0.3) is 0 Å². The van der Waals surface area contributed by atoms with Crippen LogP contribution in [0.4, 0.5) is 17.1 Å². The van der Waals surface area contributed by atoms with E-state index >= 15 is 0 Å². The number of nitrogens with zero attached hydrogens (tertiary/aromatic N) is 1. The van der Waals surface area contributed by atoms with Gasteiger partial charge in [0.15, 0.2) is 0 Å². The van der Waals surface area contributed by atoms with Crippen molar-refractivity contribution >= 4 is 23.0 Å². The van der Waals surface area contributed by atoms with Crippen molar-refractivity contribution in [1.82, 2.24) is 4.98 Å². The van der Waals surface area contributed by atoms with Gasteiger partial charge in [0.1, 0.15) is 0 Å². The summed E-state index contributed by atoms with van der Waals surface area (Å²) in [7, 11) is 0. The van der Waals surface area contributed by atoms with Gasteiger partial charge in [-0.15, -0.1) is 0 Å². The normalized spacial score (nSPS) is 13.5. The van der Waals surface area contributed by atoms with Crippen LogP contribution >= 0.6 is 0 Å². The van der Waals surface area contributed by atoms with E-state index in [4.69, 9.17) is 5.73 Å². The van der Waals surface area contributed by atoms with Crippen molar-refractivity contribution in [1.29, 1.82) is 0 Å². The number of benzene rings is 1. The van der Waals surface area contributed by atoms with Gasteiger partial charge in [-0.2, -0.15) is 0 Å². The van der Waals surface area contributed by atoms with Crippen molar-refractivity contribution in [2.45, 2.75) is 26.3 Å². The van der Waals surface area contributed by atoms with E-state index in [0.29, 0.717) is 18.7 Å². The van der Waals surface area contributed by atoms with E-state index in [9.17, 15) is 4.79 Å². The summed E-state index contributed by atoms with van der Waals surface area (Å²) >= 11 is 0. The van der Waals surface area contributed by atoms with Gasteiger partial charge in [0.25, 0.3) is 0 Å². The molecular weight excluding hydrogens is 264 g/mol. The molecule has 0 radical (unpaired) electrons. The molecule has 108 valence electrons. The van der Waals surface area contributed by atoms with Gasteiger partial charge in [0, 0.05) is 31.0 Å². The minimum absolute atomic E-state index is 0.0509. The molecule has 5 nitrogen and oxygen atoms in total. The summed E-state index contributed by atoms with van der Waals surface area (Å²) in [5.41, 5.74) is 11.9. The summed E-state index contributed by atoms with van der Waals surface area (Å²) in [6.45, 7) is 2.74. The first kappa shape index (κ1) is 13.4. The zero-order valence-corrected chi connectivity index (χ0v) is 11.9. The third-order valence-corrected chi connectivity index (χ3v) is 3.78. The van der Waals surface area contributed by atoms with E-state index in [2.05, 4.69) is 15.6 Å². The molecule has 0 unspecified atom stereocenters. The largest absolute Gasteiger partial charge is 0.397 e. The van der Waals surface area contributed by atoms with Crippen molar-refractivity contribution in [3.63, 3.8) is 0 Å². The van der Waals surface area contributed by atoms with Crippen LogP contribution in [0.15, 0.2) is 30.6 Å². The van der Waals surface area contributed by atoms with Gasteiger partial charge in [-0.05, 0) is 48.2 Å². The molecule has 0 fully saturated rings. The van der Waals surface area contributed by atoms with Crippen LogP contribution in [-0.2, 0) is 17.8 Å². The van der Waals surface area contributed by atoms with Crippen LogP contribution in [0.2, 0.25) is 0 Å². The van der Waals surface area contributed by atoms with E-state index < -0.39 is 0 Å². The average molecular weight is 282 g/mol. The second-order valence-corrected chi connectivity index (χ2v) is 5.30. The zero-order valence-electron chi connectivity index (χ0n) is 11.9. The molecule has 1 aromatic carbocycles. The van der Waals surface area contributed by atoms with Crippen LogP contribution in [-0.4, -0.2) is 10.9 Å². The first-order chi connectivity index (χ1) is 10.1. The Morgan fingerprint density at radius 3 is 3.05 bits per heavy atom. The fourth-order valence-corrected chi connectivity index (χ4v) is 2.49. The molecule has 0 atom stereocenters. The first-order valence-corrected chi connectivity index (χ1v) is 6.99. The van der Waals surface area contributed by atoms with Crippen LogP contribution in [0.1, 0.15) is 23.1 Å². The smallest absolute Gasteiger partial charge is 0.224 e. The van der Waals surface area contributed by atoms with E-state index in [1.54, 1.807) is 6.20 Å². The molecule has 0 saturated heterocycles. The zero-order chi connectivity index (χ0) is 14.8. The number of anilines is 3. The molecule has 3 rings (SSSR count). The van der Waals surface area contributed by atoms with Gasteiger partial charge in [0.05, 0.1) is 11.4 Å². The first-order valence-electron chi connectivity index (χ1n) is 6.99. The second kappa shape index (κ2) is 5.44.